The number of aliphatic hydroxyl groups is 1. The van der Waals surface area contributed by atoms with Crippen LogP contribution < -0.4 is 0 Å². The van der Waals surface area contributed by atoms with Gasteiger partial charge in [-0.1, -0.05) is 17.7 Å². The maximum atomic E-state index is 9.85. The molecule has 2 aromatic heterocycles. The Morgan fingerprint density at radius 1 is 1.36 bits per heavy atom. The highest BCUT2D eigenvalue weighted by Crippen LogP contribution is 2.28. The summed E-state index contributed by atoms with van der Waals surface area (Å²) in [5, 5.41) is 11.8. The minimum absolute atomic E-state index is 0.398. The number of hydrogen-bond donors (Lipinski definition) is 1. The fraction of sp³-hybridized carbons (Fsp3) is 0.200. The van der Waals surface area contributed by atoms with Gasteiger partial charge >= 0.3 is 0 Å². The maximum Gasteiger partial charge on any atom is 0.0931 e. The van der Waals surface area contributed by atoms with Crippen LogP contribution in [0.15, 0.2) is 29.6 Å². The second kappa shape index (κ2) is 4.45. The first kappa shape index (κ1) is 10.2. The molecule has 14 heavy (non-hydrogen) atoms. The van der Waals surface area contributed by atoms with Gasteiger partial charge in [0.1, 0.15) is 0 Å². The summed E-state index contributed by atoms with van der Waals surface area (Å²) in [5.41, 5.74) is 0. The molecule has 2 rings (SSSR count). The molecule has 0 fully saturated rings. The molecule has 74 valence electrons. The first-order valence-electron chi connectivity index (χ1n) is 4.21. The molecule has 0 radical (unpaired) electrons. The van der Waals surface area contributed by atoms with Gasteiger partial charge in [0.25, 0.3) is 0 Å². The van der Waals surface area contributed by atoms with Crippen LogP contribution in [0.3, 0.4) is 0 Å². The fourth-order valence-corrected chi connectivity index (χ4v) is 3.07. The Bertz CT molecular complexity index is 394. The maximum absolute atomic E-state index is 9.85. The normalized spacial score (nSPS) is 13.0. The van der Waals surface area contributed by atoms with Crippen molar-refractivity contribution in [3.63, 3.8) is 0 Å². The van der Waals surface area contributed by atoms with Crippen LogP contribution >= 0.6 is 34.3 Å². The summed E-state index contributed by atoms with van der Waals surface area (Å²) in [7, 11) is 0. The molecule has 1 unspecified atom stereocenters. The van der Waals surface area contributed by atoms with E-state index in [-0.39, 0.29) is 0 Å². The lowest BCUT2D eigenvalue weighted by atomic mass is 10.2. The third-order valence-electron chi connectivity index (χ3n) is 1.89. The molecular formula is C10H9ClOS2. The Morgan fingerprint density at radius 3 is 2.79 bits per heavy atom. The van der Waals surface area contributed by atoms with Gasteiger partial charge in [0.15, 0.2) is 0 Å². The van der Waals surface area contributed by atoms with Crippen LogP contribution in [-0.4, -0.2) is 5.11 Å². The Hall–Kier alpha value is -0.350. The van der Waals surface area contributed by atoms with E-state index in [1.54, 1.807) is 11.3 Å². The molecule has 0 aliphatic carbocycles. The third-order valence-corrected chi connectivity index (χ3v) is 4.12. The molecule has 0 saturated carbocycles. The van der Waals surface area contributed by atoms with E-state index < -0.39 is 6.10 Å². The molecule has 0 aliphatic rings. The van der Waals surface area contributed by atoms with Crippen LogP contribution in [0.1, 0.15) is 15.9 Å². The highest BCUT2D eigenvalue weighted by Gasteiger charge is 2.10. The van der Waals surface area contributed by atoms with Gasteiger partial charge in [0, 0.05) is 16.2 Å². The molecule has 0 spiro atoms. The second-order valence-electron chi connectivity index (χ2n) is 2.94. The molecule has 0 aromatic carbocycles. The molecule has 4 heteroatoms. The molecule has 1 nitrogen and oxygen atoms in total. The van der Waals surface area contributed by atoms with Crippen LogP contribution in [0.5, 0.6) is 0 Å². The Labute approximate surface area is 95.6 Å². The predicted octanol–water partition coefficient (Wildman–Crippen LogP) is 3.74. The quantitative estimate of drug-likeness (QED) is 0.872. The van der Waals surface area contributed by atoms with Gasteiger partial charge in [-0.2, -0.15) is 0 Å². The van der Waals surface area contributed by atoms with E-state index in [0.29, 0.717) is 6.42 Å². The Balaban J connectivity index is 2.05. The standard InChI is InChI=1S/C10H9ClOS2/c11-10-4-3-7(14-10)6-8(12)9-2-1-5-13-9/h1-5,8,12H,6H2. The lowest BCUT2D eigenvalue weighted by molar-refractivity contribution is 0.183. The summed E-state index contributed by atoms with van der Waals surface area (Å²) in [6.07, 6.45) is 0.252. The van der Waals surface area contributed by atoms with Gasteiger partial charge in [-0.15, -0.1) is 22.7 Å². The van der Waals surface area contributed by atoms with Crippen LogP contribution in [0.25, 0.3) is 0 Å². The van der Waals surface area contributed by atoms with E-state index >= 15 is 0 Å². The van der Waals surface area contributed by atoms with E-state index in [1.807, 2.05) is 29.6 Å². The summed E-state index contributed by atoms with van der Waals surface area (Å²) >= 11 is 8.91. The molecule has 0 aliphatic heterocycles. The average Bonchev–Trinajstić information content (AvgIpc) is 2.75. The molecule has 1 N–H and O–H groups in total. The summed E-state index contributed by atoms with van der Waals surface area (Å²) in [6, 6.07) is 7.72. The largest absolute Gasteiger partial charge is 0.387 e. The van der Waals surface area contributed by atoms with Crippen molar-refractivity contribution >= 4 is 34.3 Å². The summed E-state index contributed by atoms with van der Waals surface area (Å²) < 4.78 is 0.776. The number of hydrogen-bond acceptors (Lipinski definition) is 3. The SMILES string of the molecule is OC(Cc1ccc(Cl)s1)c1cccs1. The van der Waals surface area contributed by atoms with Crippen molar-refractivity contribution in [1.29, 1.82) is 0 Å². The number of rotatable bonds is 3. The monoisotopic (exact) mass is 244 g/mol. The summed E-state index contributed by atoms with van der Waals surface area (Å²) in [6.45, 7) is 0. The van der Waals surface area contributed by atoms with E-state index in [2.05, 4.69) is 0 Å². The number of thiophene rings is 2. The summed E-state index contributed by atoms with van der Waals surface area (Å²) in [4.78, 5) is 2.13. The topological polar surface area (TPSA) is 20.2 Å². The van der Waals surface area contributed by atoms with Crippen molar-refractivity contribution in [1.82, 2.24) is 0 Å². The molecule has 2 aromatic rings. The predicted molar refractivity (Wildman–Crippen MR) is 62.3 cm³/mol. The van der Waals surface area contributed by atoms with E-state index in [0.717, 1.165) is 14.1 Å². The molecule has 2 heterocycles. The molecule has 0 saturated heterocycles. The summed E-state index contributed by atoms with van der Waals surface area (Å²) in [5.74, 6) is 0. The Morgan fingerprint density at radius 2 is 2.21 bits per heavy atom. The van der Waals surface area contributed by atoms with Gasteiger partial charge in [-0.3, -0.25) is 0 Å². The van der Waals surface area contributed by atoms with Gasteiger partial charge in [0.2, 0.25) is 0 Å². The molecule has 0 bridgehead atoms. The van der Waals surface area contributed by atoms with Gasteiger partial charge in [-0.25, -0.2) is 0 Å². The number of aliphatic hydroxyl groups excluding tert-OH is 1. The van der Waals surface area contributed by atoms with Crippen molar-refractivity contribution in [2.75, 3.05) is 0 Å². The van der Waals surface area contributed by atoms with Crippen LogP contribution in [0.2, 0.25) is 4.34 Å². The van der Waals surface area contributed by atoms with Crippen LogP contribution in [0, 0.1) is 0 Å². The fourth-order valence-electron chi connectivity index (χ4n) is 1.23. The molecule has 0 amide bonds. The zero-order valence-electron chi connectivity index (χ0n) is 7.31. The molecule has 1 atom stereocenters. The third kappa shape index (κ3) is 2.36. The highest BCUT2D eigenvalue weighted by atomic mass is 35.5. The van der Waals surface area contributed by atoms with E-state index in [9.17, 15) is 5.11 Å². The van der Waals surface area contributed by atoms with E-state index in [1.165, 1.54) is 11.3 Å². The number of halogens is 1. The zero-order valence-corrected chi connectivity index (χ0v) is 9.70. The average molecular weight is 245 g/mol. The lowest BCUT2D eigenvalue weighted by Gasteiger charge is -2.05. The Kier molecular flexibility index (Phi) is 3.23. The van der Waals surface area contributed by atoms with Crippen molar-refractivity contribution in [2.24, 2.45) is 0 Å². The first-order valence-corrected chi connectivity index (χ1v) is 6.29. The second-order valence-corrected chi connectivity index (χ2v) is 5.72. The minimum atomic E-state index is -0.398. The van der Waals surface area contributed by atoms with Crippen LogP contribution in [0.4, 0.5) is 0 Å². The smallest absolute Gasteiger partial charge is 0.0931 e. The van der Waals surface area contributed by atoms with E-state index in [4.69, 9.17) is 11.6 Å². The van der Waals surface area contributed by atoms with Gasteiger partial charge < -0.3 is 5.11 Å². The van der Waals surface area contributed by atoms with Crippen molar-refractivity contribution in [2.45, 2.75) is 12.5 Å². The van der Waals surface area contributed by atoms with Crippen molar-refractivity contribution < 1.29 is 5.11 Å². The van der Waals surface area contributed by atoms with Crippen molar-refractivity contribution in [3.05, 3.63) is 43.7 Å². The highest BCUT2D eigenvalue weighted by molar-refractivity contribution is 7.16. The van der Waals surface area contributed by atoms with Crippen molar-refractivity contribution in [3.8, 4) is 0 Å². The lowest BCUT2D eigenvalue weighted by Crippen LogP contribution is -1.97. The molecular weight excluding hydrogens is 236 g/mol. The first-order chi connectivity index (χ1) is 6.75. The van der Waals surface area contributed by atoms with Crippen LogP contribution in [-0.2, 0) is 6.42 Å². The zero-order chi connectivity index (χ0) is 9.97. The van der Waals surface area contributed by atoms with Gasteiger partial charge in [-0.05, 0) is 23.6 Å². The van der Waals surface area contributed by atoms with Gasteiger partial charge in [0.05, 0.1) is 10.4 Å². The minimum Gasteiger partial charge on any atom is -0.387 e.